The van der Waals surface area contributed by atoms with E-state index in [4.69, 9.17) is 0 Å². The molecular formula is C11H23F3N2. The van der Waals surface area contributed by atoms with Gasteiger partial charge in [0, 0.05) is 6.04 Å². The molecule has 0 aromatic heterocycles. The lowest BCUT2D eigenvalue weighted by Gasteiger charge is -2.28. The molecule has 0 aliphatic heterocycles. The minimum Gasteiger partial charge on any atom is -0.317 e. The fourth-order valence-electron chi connectivity index (χ4n) is 1.69. The molecule has 1 unspecified atom stereocenters. The van der Waals surface area contributed by atoms with Gasteiger partial charge in [-0.15, -0.1) is 0 Å². The van der Waals surface area contributed by atoms with Gasteiger partial charge in [-0.25, -0.2) is 0 Å². The molecule has 16 heavy (non-hydrogen) atoms. The van der Waals surface area contributed by atoms with E-state index >= 15 is 0 Å². The molecule has 0 aromatic rings. The van der Waals surface area contributed by atoms with Crippen molar-refractivity contribution in [2.75, 3.05) is 26.2 Å². The van der Waals surface area contributed by atoms with Gasteiger partial charge in [0.05, 0.1) is 6.54 Å². The number of alkyl halides is 3. The summed E-state index contributed by atoms with van der Waals surface area (Å²) in [6, 6.07) is -0.00900. The molecule has 0 spiro atoms. The Bertz CT molecular complexity index is 171. The number of hydrogen-bond acceptors (Lipinski definition) is 2. The van der Waals surface area contributed by atoms with E-state index in [1.54, 1.807) is 6.92 Å². The van der Waals surface area contributed by atoms with Crippen molar-refractivity contribution in [3.05, 3.63) is 0 Å². The van der Waals surface area contributed by atoms with Crippen LogP contribution in [-0.2, 0) is 0 Å². The van der Waals surface area contributed by atoms with Gasteiger partial charge in [0.15, 0.2) is 0 Å². The molecule has 0 aliphatic rings. The van der Waals surface area contributed by atoms with E-state index in [1.165, 1.54) is 4.90 Å². The second-order valence-corrected chi connectivity index (χ2v) is 4.02. The number of rotatable bonds is 8. The first-order valence-corrected chi connectivity index (χ1v) is 5.92. The van der Waals surface area contributed by atoms with Crippen molar-refractivity contribution in [1.82, 2.24) is 10.2 Å². The van der Waals surface area contributed by atoms with Gasteiger partial charge in [0.25, 0.3) is 0 Å². The Morgan fingerprint density at radius 2 is 1.88 bits per heavy atom. The maximum absolute atomic E-state index is 12.2. The molecule has 5 heteroatoms. The molecule has 0 bridgehead atoms. The summed E-state index contributed by atoms with van der Waals surface area (Å²) in [6.45, 7) is 7.09. The molecule has 0 fully saturated rings. The van der Waals surface area contributed by atoms with Gasteiger partial charge < -0.3 is 5.32 Å². The summed E-state index contributed by atoms with van der Waals surface area (Å²) in [5.74, 6) is 0. The van der Waals surface area contributed by atoms with E-state index in [1.807, 2.05) is 13.8 Å². The first kappa shape index (κ1) is 15.7. The van der Waals surface area contributed by atoms with Crippen molar-refractivity contribution >= 4 is 0 Å². The molecule has 1 N–H and O–H groups in total. The normalized spacial score (nSPS) is 14.4. The third-order valence-corrected chi connectivity index (χ3v) is 2.64. The Morgan fingerprint density at radius 3 is 2.31 bits per heavy atom. The smallest absolute Gasteiger partial charge is 0.317 e. The number of nitrogens with one attached hydrogen (secondary N) is 1. The van der Waals surface area contributed by atoms with Crippen LogP contribution >= 0.6 is 0 Å². The molecule has 0 aliphatic carbocycles. The minimum atomic E-state index is -4.09. The summed E-state index contributed by atoms with van der Waals surface area (Å²) in [5.41, 5.74) is 0. The van der Waals surface area contributed by atoms with Crippen LogP contribution in [-0.4, -0.2) is 43.3 Å². The quantitative estimate of drug-likeness (QED) is 0.656. The molecular weight excluding hydrogens is 217 g/mol. The van der Waals surface area contributed by atoms with Crippen LogP contribution in [0.15, 0.2) is 0 Å². The third kappa shape index (κ3) is 7.93. The zero-order valence-electron chi connectivity index (χ0n) is 10.4. The van der Waals surface area contributed by atoms with Gasteiger partial charge in [-0.3, -0.25) is 4.90 Å². The van der Waals surface area contributed by atoms with Gasteiger partial charge in [0.2, 0.25) is 0 Å². The van der Waals surface area contributed by atoms with Crippen molar-refractivity contribution < 1.29 is 13.2 Å². The molecule has 0 saturated heterocycles. The first-order valence-electron chi connectivity index (χ1n) is 5.92. The predicted molar refractivity (Wildman–Crippen MR) is 60.5 cm³/mol. The highest BCUT2D eigenvalue weighted by Gasteiger charge is 2.31. The highest BCUT2D eigenvalue weighted by Crippen LogP contribution is 2.19. The predicted octanol–water partition coefficient (Wildman–Crippen LogP) is 2.65. The van der Waals surface area contributed by atoms with Crippen LogP contribution in [0.4, 0.5) is 13.2 Å². The van der Waals surface area contributed by atoms with Gasteiger partial charge >= 0.3 is 6.18 Å². The summed E-state index contributed by atoms with van der Waals surface area (Å²) in [6.07, 6.45) is -2.37. The molecule has 2 nitrogen and oxygen atoms in total. The monoisotopic (exact) mass is 240 g/mol. The van der Waals surface area contributed by atoms with Gasteiger partial charge in [0.1, 0.15) is 0 Å². The number of hydrogen-bond donors (Lipinski definition) is 1. The Hall–Kier alpha value is -0.290. The number of nitrogens with zero attached hydrogens (tertiary/aromatic N) is 1. The summed E-state index contributed by atoms with van der Waals surface area (Å²) in [5, 5.41) is 3.17. The highest BCUT2D eigenvalue weighted by molar-refractivity contribution is 4.69. The average molecular weight is 240 g/mol. The van der Waals surface area contributed by atoms with Crippen LogP contribution < -0.4 is 5.32 Å². The minimum absolute atomic E-state index is 0.00900. The van der Waals surface area contributed by atoms with Crippen LogP contribution in [0.1, 0.15) is 33.6 Å². The topological polar surface area (TPSA) is 15.3 Å². The molecule has 0 aromatic carbocycles. The second kappa shape index (κ2) is 7.90. The van der Waals surface area contributed by atoms with E-state index in [-0.39, 0.29) is 6.04 Å². The van der Waals surface area contributed by atoms with Crippen LogP contribution in [0, 0.1) is 0 Å². The lowest BCUT2D eigenvalue weighted by molar-refractivity contribution is -0.150. The van der Waals surface area contributed by atoms with Crippen molar-refractivity contribution in [3.8, 4) is 0 Å². The zero-order valence-corrected chi connectivity index (χ0v) is 10.4. The SMILES string of the molecule is CCNCCCC(C)N(CC)CC(F)(F)F. The lowest BCUT2D eigenvalue weighted by atomic mass is 10.1. The fourth-order valence-corrected chi connectivity index (χ4v) is 1.69. The largest absolute Gasteiger partial charge is 0.401 e. The molecule has 0 heterocycles. The highest BCUT2D eigenvalue weighted by atomic mass is 19.4. The van der Waals surface area contributed by atoms with Crippen molar-refractivity contribution in [1.29, 1.82) is 0 Å². The van der Waals surface area contributed by atoms with E-state index in [0.29, 0.717) is 6.54 Å². The number of halogens is 3. The van der Waals surface area contributed by atoms with Crippen molar-refractivity contribution in [2.45, 2.75) is 45.8 Å². The van der Waals surface area contributed by atoms with Crippen LogP contribution in [0.25, 0.3) is 0 Å². The molecule has 0 rings (SSSR count). The molecule has 98 valence electrons. The summed E-state index contributed by atoms with van der Waals surface area (Å²) in [7, 11) is 0. The van der Waals surface area contributed by atoms with E-state index in [2.05, 4.69) is 5.32 Å². The Kier molecular flexibility index (Phi) is 7.76. The second-order valence-electron chi connectivity index (χ2n) is 4.02. The Balaban J connectivity index is 3.87. The Labute approximate surface area is 96.2 Å². The molecule has 0 amide bonds. The standard InChI is InChI=1S/C11H23F3N2/c1-4-15-8-6-7-10(3)16(5-2)9-11(12,13)14/h10,15H,4-9H2,1-3H3. The van der Waals surface area contributed by atoms with Gasteiger partial charge in [-0.05, 0) is 39.4 Å². The van der Waals surface area contributed by atoms with E-state index in [9.17, 15) is 13.2 Å². The first-order chi connectivity index (χ1) is 7.40. The van der Waals surface area contributed by atoms with E-state index in [0.717, 1.165) is 25.9 Å². The third-order valence-electron chi connectivity index (χ3n) is 2.64. The summed E-state index contributed by atoms with van der Waals surface area (Å²) in [4.78, 5) is 1.48. The lowest BCUT2D eigenvalue weighted by Crippen LogP contribution is -2.40. The van der Waals surface area contributed by atoms with Crippen molar-refractivity contribution in [2.24, 2.45) is 0 Å². The molecule has 0 saturated carbocycles. The van der Waals surface area contributed by atoms with Gasteiger partial charge in [-0.2, -0.15) is 13.2 Å². The molecule has 0 radical (unpaired) electrons. The molecule has 1 atom stereocenters. The summed E-state index contributed by atoms with van der Waals surface area (Å²) < 4.78 is 36.7. The van der Waals surface area contributed by atoms with Gasteiger partial charge in [-0.1, -0.05) is 13.8 Å². The Morgan fingerprint density at radius 1 is 1.25 bits per heavy atom. The maximum atomic E-state index is 12.2. The van der Waals surface area contributed by atoms with Crippen molar-refractivity contribution in [3.63, 3.8) is 0 Å². The van der Waals surface area contributed by atoms with E-state index < -0.39 is 12.7 Å². The summed E-state index contributed by atoms with van der Waals surface area (Å²) >= 11 is 0. The maximum Gasteiger partial charge on any atom is 0.401 e. The van der Waals surface area contributed by atoms with Crippen LogP contribution in [0.2, 0.25) is 0 Å². The van der Waals surface area contributed by atoms with Crippen LogP contribution in [0.5, 0.6) is 0 Å². The van der Waals surface area contributed by atoms with Crippen LogP contribution in [0.3, 0.4) is 0 Å². The zero-order chi connectivity index (χ0) is 12.6. The average Bonchev–Trinajstić information content (AvgIpc) is 2.19. The fraction of sp³-hybridized carbons (Fsp3) is 1.00.